The van der Waals surface area contributed by atoms with Crippen LogP contribution in [0.3, 0.4) is 0 Å². The van der Waals surface area contributed by atoms with Crippen molar-refractivity contribution in [3.63, 3.8) is 0 Å². The van der Waals surface area contributed by atoms with Crippen LogP contribution < -0.4 is 16.0 Å². The molecule has 2 rings (SSSR count). The Hall–Kier alpha value is -2.58. The van der Waals surface area contributed by atoms with E-state index < -0.39 is 12.1 Å². The van der Waals surface area contributed by atoms with Crippen LogP contribution in [0.15, 0.2) is 10.6 Å². The summed E-state index contributed by atoms with van der Waals surface area (Å²) in [6.07, 6.45) is 2.82. The highest BCUT2D eigenvalue weighted by Gasteiger charge is 2.32. The molecule has 1 aliphatic rings. The molecule has 1 aliphatic carbocycles. The molecule has 0 aromatic carbocycles. The number of nitrogens with zero attached hydrogens (tertiary/aromatic N) is 1. The van der Waals surface area contributed by atoms with E-state index in [9.17, 15) is 14.4 Å². The molecule has 28 heavy (non-hydrogen) atoms. The summed E-state index contributed by atoms with van der Waals surface area (Å²) in [7, 11) is 0. The molecule has 1 heterocycles. The van der Waals surface area contributed by atoms with Crippen molar-refractivity contribution < 1.29 is 24.0 Å². The van der Waals surface area contributed by atoms with Gasteiger partial charge in [-0.05, 0) is 32.1 Å². The van der Waals surface area contributed by atoms with E-state index in [1.807, 2.05) is 6.92 Å². The summed E-state index contributed by atoms with van der Waals surface area (Å²) in [6.45, 7) is 5.66. The SMILES string of the molecule is CCc1cc(C(=O)N[C@@H]2CC[C@@H](NC(=O)C[C@H](C)NC(=O)O)C[C@@H]2CC)no1. The molecule has 4 N–H and O–H groups in total. The Labute approximate surface area is 164 Å². The minimum absolute atomic E-state index is 0.0278. The van der Waals surface area contributed by atoms with Crippen molar-refractivity contribution in [1.82, 2.24) is 21.1 Å². The largest absolute Gasteiger partial charge is 0.465 e. The summed E-state index contributed by atoms with van der Waals surface area (Å²) >= 11 is 0. The molecule has 3 amide bonds. The van der Waals surface area contributed by atoms with Crippen molar-refractivity contribution in [2.75, 3.05) is 0 Å². The molecule has 0 aliphatic heterocycles. The number of carbonyl (C=O) groups excluding carboxylic acids is 2. The van der Waals surface area contributed by atoms with E-state index >= 15 is 0 Å². The third-order valence-electron chi connectivity index (χ3n) is 5.19. The van der Waals surface area contributed by atoms with E-state index in [4.69, 9.17) is 9.63 Å². The number of nitrogens with one attached hydrogen (secondary N) is 3. The van der Waals surface area contributed by atoms with Crippen LogP contribution in [0.4, 0.5) is 4.79 Å². The van der Waals surface area contributed by atoms with Crippen LogP contribution in [0.2, 0.25) is 0 Å². The summed E-state index contributed by atoms with van der Waals surface area (Å²) < 4.78 is 5.09. The molecule has 1 aromatic heterocycles. The Bertz CT molecular complexity index is 690. The maximum atomic E-state index is 12.4. The Morgan fingerprint density at radius 3 is 2.64 bits per heavy atom. The molecule has 9 nitrogen and oxygen atoms in total. The van der Waals surface area contributed by atoms with Gasteiger partial charge < -0.3 is 25.6 Å². The average Bonchev–Trinajstić information content (AvgIpc) is 3.11. The van der Waals surface area contributed by atoms with Crippen molar-refractivity contribution in [2.45, 2.75) is 77.4 Å². The van der Waals surface area contributed by atoms with Crippen LogP contribution in [-0.4, -0.2) is 46.3 Å². The van der Waals surface area contributed by atoms with Gasteiger partial charge in [-0.25, -0.2) is 4.79 Å². The lowest BCUT2D eigenvalue weighted by molar-refractivity contribution is -0.122. The van der Waals surface area contributed by atoms with Gasteiger partial charge in [0.2, 0.25) is 5.91 Å². The van der Waals surface area contributed by atoms with Gasteiger partial charge in [-0.15, -0.1) is 0 Å². The van der Waals surface area contributed by atoms with Crippen molar-refractivity contribution in [2.24, 2.45) is 5.92 Å². The van der Waals surface area contributed by atoms with Gasteiger partial charge in [-0.2, -0.15) is 0 Å². The number of aryl methyl sites for hydroxylation is 1. The summed E-state index contributed by atoms with van der Waals surface area (Å²) in [6, 6.07) is 1.28. The molecular weight excluding hydrogens is 364 g/mol. The molecule has 0 spiro atoms. The highest BCUT2D eigenvalue weighted by molar-refractivity contribution is 5.92. The van der Waals surface area contributed by atoms with Gasteiger partial charge in [0.25, 0.3) is 5.91 Å². The van der Waals surface area contributed by atoms with Crippen LogP contribution in [0.5, 0.6) is 0 Å². The minimum Gasteiger partial charge on any atom is -0.465 e. The fraction of sp³-hybridized carbons (Fsp3) is 0.684. The monoisotopic (exact) mass is 394 g/mol. The Kier molecular flexibility index (Phi) is 7.83. The third kappa shape index (κ3) is 6.24. The first-order chi connectivity index (χ1) is 13.3. The second-order valence-electron chi connectivity index (χ2n) is 7.41. The lowest BCUT2D eigenvalue weighted by Crippen LogP contribution is -2.49. The van der Waals surface area contributed by atoms with Gasteiger partial charge in [0.1, 0.15) is 5.76 Å². The van der Waals surface area contributed by atoms with Crippen molar-refractivity contribution >= 4 is 17.9 Å². The highest BCUT2D eigenvalue weighted by Crippen LogP contribution is 2.28. The fourth-order valence-corrected chi connectivity index (χ4v) is 3.69. The number of carbonyl (C=O) groups is 3. The van der Waals surface area contributed by atoms with Gasteiger partial charge in [0, 0.05) is 37.0 Å². The Morgan fingerprint density at radius 2 is 2.04 bits per heavy atom. The smallest absolute Gasteiger partial charge is 0.404 e. The molecule has 0 unspecified atom stereocenters. The Balaban J connectivity index is 1.84. The first-order valence-corrected chi connectivity index (χ1v) is 9.87. The van der Waals surface area contributed by atoms with E-state index in [1.165, 1.54) is 0 Å². The molecular formula is C19H30N4O5. The predicted molar refractivity (Wildman–Crippen MR) is 102 cm³/mol. The minimum atomic E-state index is -1.14. The predicted octanol–water partition coefficient (Wildman–Crippen LogP) is 2.08. The van der Waals surface area contributed by atoms with E-state index in [-0.39, 0.29) is 36.2 Å². The number of aromatic nitrogens is 1. The van der Waals surface area contributed by atoms with Crippen molar-refractivity contribution in [1.29, 1.82) is 0 Å². The number of hydrogen-bond donors (Lipinski definition) is 4. The summed E-state index contributed by atoms with van der Waals surface area (Å²) in [5.41, 5.74) is 0.294. The maximum absolute atomic E-state index is 12.4. The third-order valence-corrected chi connectivity index (χ3v) is 5.19. The van der Waals surface area contributed by atoms with E-state index in [1.54, 1.807) is 13.0 Å². The average molecular weight is 394 g/mol. The van der Waals surface area contributed by atoms with Gasteiger partial charge in [-0.1, -0.05) is 25.4 Å². The van der Waals surface area contributed by atoms with Gasteiger partial charge in [0.05, 0.1) is 0 Å². The van der Waals surface area contributed by atoms with Crippen molar-refractivity contribution in [3.8, 4) is 0 Å². The van der Waals surface area contributed by atoms with Crippen LogP contribution in [0.1, 0.15) is 69.1 Å². The van der Waals surface area contributed by atoms with Crippen LogP contribution in [-0.2, 0) is 11.2 Å². The lowest BCUT2D eigenvalue weighted by Gasteiger charge is -2.36. The number of rotatable bonds is 8. The molecule has 9 heteroatoms. The first kappa shape index (κ1) is 21.7. The first-order valence-electron chi connectivity index (χ1n) is 9.87. The quantitative estimate of drug-likeness (QED) is 0.533. The maximum Gasteiger partial charge on any atom is 0.404 e. The summed E-state index contributed by atoms with van der Waals surface area (Å²) in [5, 5.41) is 20.8. The summed E-state index contributed by atoms with van der Waals surface area (Å²) in [5.74, 6) is 0.520. The molecule has 1 fully saturated rings. The molecule has 0 radical (unpaired) electrons. The second-order valence-corrected chi connectivity index (χ2v) is 7.41. The zero-order chi connectivity index (χ0) is 20.7. The van der Waals surface area contributed by atoms with Crippen LogP contribution in [0.25, 0.3) is 0 Å². The van der Waals surface area contributed by atoms with Gasteiger partial charge >= 0.3 is 6.09 Å². The zero-order valence-electron chi connectivity index (χ0n) is 16.7. The van der Waals surface area contributed by atoms with E-state index in [0.29, 0.717) is 17.9 Å². The normalized spacial score (nSPS) is 22.9. The lowest BCUT2D eigenvalue weighted by atomic mass is 9.80. The zero-order valence-corrected chi connectivity index (χ0v) is 16.7. The van der Waals surface area contributed by atoms with Crippen LogP contribution >= 0.6 is 0 Å². The highest BCUT2D eigenvalue weighted by atomic mass is 16.5. The molecule has 0 bridgehead atoms. The molecule has 1 aromatic rings. The van der Waals surface area contributed by atoms with E-state index in [2.05, 4.69) is 28.0 Å². The number of carboxylic acid groups (broad SMARTS) is 1. The van der Waals surface area contributed by atoms with E-state index in [0.717, 1.165) is 25.7 Å². The Morgan fingerprint density at radius 1 is 1.29 bits per heavy atom. The van der Waals surface area contributed by atoms with Crippen LogP contribution in [0, 0.1) is 5.92 Å². The van der Waals surface area contributed by atoms with Gasteiger partial charge in [0.15, 0.2) is 5.69 Å². The standard InChI is InChI=1S/C19H30N4O5/c1-4-12-9-13(21-17(24)8-11(3)20-19(26)27)6-7-15(12)22-18(25)16-10-14(5-2)28-23-16/h10-13,15,20H,4-9H2,1-3H3,(H,21,24)(H,22,25)(H,26,27)/t11-,12-,13+,15+/m0/s1. The molecule has 1 saturated carbocycles. The number of amides is 3. The second kappa shape index (κ2) is 10.1. The topological polar surface area (TPSA) is 134 Å². The van der Waals surface area contributed by atoms with Crippen molar-refractivity contribution in [3.05, 3.63) is 17.5 Å². The van der Waals surface area contributed by atoms with Gasteiger partial charge in [-0.3, -0.25) is 9.59 Å². The molecule has 156 valence electrons. The summed E-state index contributed by atoms with van der Waals surface area (Å²) in [4.78, 5) is 35.2. The molecule has 0 saturated heterocycles. The molecule has 4 atom stereocenters. The fourth-order valence-electron chi connectivity index (χ4n) is 3.69. The number of hydrogen-bond acceptors (Lipinski definition) is 5.